The van der Waals surface area contributed by atoms with Crippen LogP contribution in [0.2, 0.25) is 0 Å². The molecule has 2 rings (SSSR count). The molecule has 0 radical (unpaired) electrons. The first-order chi connectivity index (χ1) is 6.78. The maximum Gasteiger partial charge on any atom is 0.241 e. The minimum Gasteiger partial charge on any atom is -0.380 e. The lowest BCUT2D eigenvalue weighted by molar-refractivity contribution is -0.121. The molecule has 0 bridgehead atoms. The Bertz CT molecular complexity index is 329. The van der Waals surface area contributed by atoms with Crippen LogP contribution < -0.4 is 10.6 Å². The highest BCUT2D eigenvalue weighted by atomic mass is 16.1. The normalized spacial score (nSPS) is 15.2. The summed E-state index contributed by atoms with van der Waals surface area (Å²) in [5.41, 5.74) is 0.997. The summed E-state index contributed by atoms with van der Waals surface area (Å²) < 4.78 is 1.63. The van der Waals surface area contributed by atoms with Gasteiger partial charge < -0.3 is 10.6 Å². The topological polar surface area (TPSA) is 59.0 Å². The van der Waals surface area contributed by atoms with Crippen LogP contribution in [-0.4, -0.2) is 28.8 Å². The van der Waals surface area contributed by atoms with Crippen LogP contribution in [-0.2, 0) is 11.3 Å². The molecule has 0 spiro atoms. The molecule has 1 fully saturated rings. The van der Waals surface area contributed by atoms with E-state index in [1.807, 2.05) is 6.20 Å². The van der Waals surface area contributed by atoms with Gasteiger partial charge in [0.15, 0.2) is 0 Å². The number of anilines is 1. The van der Waals surface area contributed by atoms with Crippen molar-refractivity contribution in [3.8, 4) is 0 Å². The number of aromatic nitrogens is 2. The Hall–Kier alpha value is -1.52. The van der Waals surface area contributed by atoms with Crippen LogP contribution in [0.25, 0.3) is 0 Å². The summed E-state index contributed by atoms with van der Waals surface area (Å²) in [5.74, 6) is -0.0360. The predicted octanol–water partition coefficient (Wildman–Crippen LogP) is 0.203. The van der Waals surface area contributed by atoms with Crippen LogP contribution in [0.15, 0.2) is 12.4 Å². The Balaban J connectivity index is 1.91. The quantitative estimate of drug-likeness (QED) is 0.720. The number of hydrogen-bond donors (Lipinski definition) is 2. The van der Waals surface area contributed by atoms with E-state index in [1.165, 1.54) is 12.8 Å². The van der Waals surface area contributed by atoms with Gasteiger partial charge in [0, 0.05) is 19.3 Å². The minimum absolute atomic E-state index is 0.0360. The van der Waals surface area contributed by atoms with Crippen molar-refractivity contribution in [2.75, 3.05) is 12.4 Å². The van der Waals surface area contributed by atoms with Crippen molar-refractivity contribution < 1.29 is 4.79 Å². The molecule has 5 heteroatoms. The highest BCUT2D eigenvalue weighted by Crippen LogP contribution is 2.23. The standard InChI is InChI=1S/C9H14N4O/c1-10-9(14)6-13-5-8(4-11-13)12-7-2-3-7/h4-5,7,12H,2-3,6H2,1H3,(H,10,14). The molecular formula is C9H14N4O. The first-order valence-corrected chi connectivity index (χ1v) is 4.77. The maximum atomic E-state index is 11.0. The summed E-state index contributed by atoms with van der Waals surface area (Å²) >= 11 is 0. The molecule has 1 saturated carbocycles. The van der Waals surface area contributed by atoms with Crippen molar-refractivity contribution >= 4 is 11.6 Å². The zero-order chi connectivity index (χ0) is 9.97. The van der Waals surface area contributed by atoms with Gasteiger partial charge in [0.2, 0.25) is 5.91 Å². The van der Waals surface area contributed by atoms with Crippen molar-refractivity contribution in [3.63, 3.8) is 0 Å². The highest BCUT2D eigenvalue weighted by molar-refractivity contribution is 5.75. The number of nitrogens with one attached hydrogen (secondary N) is 2. The molecule has 76 valence electrons. The lowest BCUT2D eigenvalue weighted by Gasteiger charge is -1.99. The third kappa shape index (κ3) is 2.25. The molecule has 1 aromatic rings. The van der Waals surface area contributed by atoms with Gasteiger partial charge in [-0.1, -0.05) is 0 Å². The first kappa shape index (κ1) is 9.05. The van der Waals surface area contributed by atoms with Gasteiger partial charge in [-0.15, -0.1) is 0 Å². The first-order valence-electron chi connectivity index (χ1n) is 4.77. The molecule has 0 unspecified atom stereocenters. The molecule has 2 N–H and O–H groups in total. The zero-order valence-corrected chi connectivity index (χ0v) is 8.16. The van der Waals surface area contributed by atoms with Gasteiger partial charge in [-0.25, -0.2) is 0 Å². The van der Waals surface area contributed by atoms with E-state index >= 15 is 0 Å². The third-order valence-corrected chi connectivity index (χ3v) is 2.17. The number of likely N-dealkylation sites (N-methyl/N-ethyl adjacent to an activating group) is 1. The summed E-state index contributed by atoms with van der Waals surface area (Å²) in [6.07, 6.45) is 6.08. The van der Waals surface area contributed by atoms with E-state index in [-0.39, 0.29) is 12.5 Å². The smallest absolute Gasteiger partial charge is 0.241 e. The van der Waals surface area contributed by atoms with Crippen LogP contribution in [0.4, 0.5) is 5.69 Å². The number of amides is 1. The van der Waals surface area contributed by atoms with Crippen LogP contribution in [0.1, 0.15) is 12.8 Å². The van der Waals surface area contributed by atoms with Gasteiger partial charge in [0.05, 0.1) is 11.9 Å². The Labute approximate surface area is 82.5 Å². The van der Waals surface area contributed by atoms with Crippen molar-refractivity contribution in [2.45, 2.75) is 25.4 Å². The fourth-order valence-electron chi connectivity index (χ4n) is 1.21. The van der Waals surface area contributed by atoms with Crippen LogP contribution >= 0.6 is 0 Å². The average molecular weight is 194 g/mol. The fraction of sp³-hybridized carbons (Fsp3) is 0.556. The molecule has 0 aliphatic heterocycles. The van der Waals surface area contributed by atoms with Gasteiger partial charge >= 0.3 is 0 Å². The van der Waals surface area contributed by atoms with Gasteiger partial charge in [-0.05, 0) is 12.8 Å². The second kappa shape index (κ2) is 3.69. The van der Waals surface area contributed by atoms with Gasteiger partial charge in [0.25, 0.3) is 0 Å². The minimum atomic E-state index is -0.0360. The van der Waals surface area contributed by atoms with Crippen molar-refractivity contribution in [1.29, 1.82) is 0 Å². The Morgan fingerprint density at radius 1 is 1.71 bits per heavy atom. The van der Waals surface area contributed by atoms with E-state index in [2.05, 4.69) is 15.7 Å². The van der Waals surface area contributed by atoms with Crippen molar-refractivity contribution in [3.05, 3.63) is 12.4 Å². The molecule has 1 aliphatic rings. The Morgan fingerprint density at radius 3 is 3.14 bits per heavy atom. The maximum absolute atomic E-state index is 11.0. The molecule has 0 aromatic carbocycles. The van der Waals surface area contributed by atoms with Gasteiger partial charge in [-0.3, -0.25) is 9.48 Å². The molecule has 0 saturated heterocycles. The molecule has 5 nitrogen and oxygen atoms in total. The summed E-state index contributed by atoms with van der Waals surface area (Å²) in [7, 11) is 1.62. The summed E-state index contributed by atoms with van der Waals surface area (Å²) in [5, 5.41) is 9.95. The van der Waals surface area contributed by atoms with Crippen molar-refractivity contribution in [1.82, 2.24) is 15.1 Å². The predicted molar refractivity (Wildman–Crippen MR) is 52.9 cm³/mol. The number of hydrogen-bond acceptors (Lipinski definition) is 3. The number of carbonyl (C=O) groups excluding carboxylic acids is 1. The molecule has 14 heavy (non-hydrogen) atoms. The number of carbonyl (C=O) groups is 1. The van der Waals surface area contributed by atoms with E-state index in [1.54, 1.807) is 17.9 Å². The molecule has 1 aliphatic carbocycles. The van der Waals surface area contributed by atoms with E-state index < -0.39 is 0 Å². The Morgan fingerprint density at radius 2 is 2.50 bits per heavy atom. The van der Waals surface area contributed by atoms with Crippen LogP contribution in [0.5, 0.6) is 0 Å². The average Bonchev–Trinajstić information content (AvgIpc) is 2.87. The monoisotopic (exact) mass is 194 g/mol. The Kier molecular flexibility index (Phi) is 2.39. The molecule has 1 aromatic heterocycles. The highest BCUT2D eigenvalue weighted by Gasteiger charge is 2.21. The van der Waals surface area contributed by atoms with Gasteiger partial charge in [-0.2, -0.15) is 5.10 Å². The summed E-state index contributed by atoms with van der Waals surface area (Å²) in [6.45, 7) is 0.281. The summed E-state index contributed by atoms with van der Waals surface area (Å²) in [6, 6.07) is 0.618. The molecule has 1 amide bonds. The SMILES string of the molecule is CNC(=O)Cn1cc(NC2CC2)cn1. The largest absolute Gasteiger partial charge is 0.380 e. The van der Waals surface area contributed by atoms with E-state index in [9.17, 15) is 4.79 Å². The van der Waals surface area contributed by atoms with E-state index in [4.69, 9.17) is 0 Å². The van der Waals surface area contributed by atoms with Gasteiger partial charge in [0.1, 0.15) is 6.54 Å². The fourth-order valence-corrected chi connectivity index (χ4v) is 1.21. The molecule has 0 atom stereocenters. The van der Waals surface area contributed by atoms with E-state index in [0.717, 1.165) is 5.69 Å². The number of rotatable bonds is 4. The van der Waals surface area contributed by atoms with Crippen LogP contribution in [0.3, 0.4) is 0 Å². The van der Waals surface area contributed by atoms with Crippen LogP contribution in [0, 0.1) is 0 Å². The lowest BCUT2D eigenvalue weighted by Crippen LogP contribution is -2.23. The second-order valence-electron chi connectivity index (χ2n) is 3.52. The third-order valence-electron chi connectivity index (χ3n) is 2.17. The zero-order valence-electron chi connectivity index (χ0n) is 8.16. The number of nitrogens with zero attached hydrogens (tertiary/aromatic N) is 2. The summed E-state index contributed by atoms with van der Waals surface area (Å²) in [4.78, 5) is 11.0. The molecular weight excluding hydrogens is 180 g/mol. The molecule has 1 heterocycles. The van der Waals surface area contributed by atoms with E-state index in [0.29, 0.717) is 6.04 Å². The lowest BCUT2D eigenvalue weighted by atomic mass is 10.5. The second-order valence-corrected chi connectivity index (χ2v) is 3.52. The van der Waals surface area contributed by atoms with Crippen molar-refractivity contribution in [2.24, 2.45) is 0 Å².